The first-order chi connectivity index (χ1) is 25.2. The number of phosphoric ester groups is 1. The van der Waals surface area contributed by atoms with Crippen LogP contribution < -0.4 is 5.73 Å². The molecule has 3 atom stereocenters. The average molecular weight is 754 g/mol. The van der Waals surface area contributed by atoms with Gasteiger partial charge in [0.25, 0.3) is 0 Å². The molecule has 0 aromatic heterocycles. The normalized spacial score (nSPS) is 14.6. The van der Waals surface area contributed by atoms with E-state index in [1.807, 2.05) is 19.1 Å². The summed E-state index contributed by atoms with van der Waals surface area (Å²) in [6.45, 7) is 3.33. The van der Waals surface area contributed by atoms with Gasteiger partial charge in [0.05, 0.1) is 19.3 Å². The van der Waals surface area contributed by atoms with Crippen LogP contribution in [0.3, 0.4) is 0 Å². The largest absolute Gasteiger partial charge is 0.472 e. The SMILES string of the molecule is CCCCCC/C=C\CCCCCCCC(=O)OC[C@H](COP(=O)(O)OCCN)OC(=O)CCC/C=C\C/C=C\C/C=C\C/C=C\CC[C@H](O)CC. The highest BCUT2D eigenvalue weighted by molar-refractivity contribution is 7.47. The van der Waals surface area contributed by atoms with Crippen molar-refractivity contribution >= 4 is 19.8 Å². The van der Waals surface area contributed by atoms with E-state index in [1.165, 1.54) is 32.1 Å². The topological polar surface area (TPSA) is 155 Å². The molecular formula is C41H72NO9P. The van der Waals surface area contributed by atoms with Crippen molar-refractivity contribution in [1.82, 2.24) is 0 Å². The molecule has 300 valence electrons. The summed E-state index contributed by atoms with van der Waals surface area (Å²) in [6, 6.07) is 0. The summed E-state index contributed by atoms with van der Waals surface area (Å²) in [6.07, 6.45) is 39.1. The predicted octanol–water partition coefficient (Wildman–Crippen LogP) is 9.91. The molecule has 0 aromatic rings. The molecule has 10 nitrogen and oxygen atoms in total. The monoisotopic (exact) mass is 753 g/mol. The van der Waals surface area contributed by atoms with Crippen LogP contribution in [0.4, 0.5) is 0 Å². The number of nitrogens with two attached hydrogens (primary N) is 1. The maximum absolute atomic E-state index is 12.5. The lowest BCUT2D eigenvalue weighted by Gasteiger charge is -2.19. The summed E-state index contributed by atoms with van der Waals surface area (Å²) >= 11 is 0. The lowest BCUT2D eigenvalue weighted by molar-refractivity contribution is -0.161. The van der Waals surface area contributed by atoms with Crippen LogP contribution in [0.15, 0.2) is 60.8 Å². The molecule has 0 aromatic carbocycles. The Morgan fingerprint density at radius 3 is 1.79 bits per heavy atom. The average Bonchev–Trinajstić information content (AvgIpc) is 3.13. The fourth-order valence-electron chi connectivity index (χ4n) is 4.89. The second-order valence-electron chi connectivity index (χ2n) is 12.9. The highest BCUT2D eigenvalue weighted by atomic mass is 31.2. The summed E-state index contributed by atoms with van der Waals surface area (Å²) in [7, 11) is -4.40. The van der Waals surface area contributed by atoms with Gasteiger partial charge in [0.15, 0.2) is 6.10 Å². The van der Waals surface area contributed by atoms with Crippen LogP contribution in [-0.4, -0.2) is 60.5 Å². The molecule has 11 heteroatoms. The van der Waals surface area contributed by atoms with Gasteiger partial charge in [-0.15, -0.1) is 0 Å². The van der Waals surface area contributed by atoms with E-state index in [2.05, 4.69) is 55.5 Å². The molecule has 0 spiro atoms. The Morgan fingerprint density at radius 1 is 0.654 bits per heavy atom. The van der Waals surface area contributed by atoms with E-state index < -0.39 is 32.5 Å². The van der Waals surface area contributed by atoms with Gasteiger partial charge in [-0.2, -0.15) is 0 Å². The van der Waals surface area contributed by atoms with Crippen molar-refractivity contribution in [3.8, 4) is 0 Å². The number of allylic oxidation sites excluding steroid dienone is 10. The zero-order valence-corrected chi connectivity index (χ0v) is 33.3. The predicted molar refractivity (Wildman–Crippen MR) is 212 cm³/mol. The molecule has 1 unspecified atom stereocenters. The number of phosphoric acid groups is 1. The van der Waals surface area contributed by atoms with Gasteiger partial charge in [-0.05, 0) is 83.5 Å². The van der Waals surface area contributed by atoms with Crippen molar-refractivity contribution in [3.63, 3.8) is 0 Å². The number of unbranched alkanes of at least 4 members (excludes halogenated alkanes) is 10. The summed E-state index contributed by atoms with van der Waals surface area (Å²) < 4.78 is 32.6. The minimum atomic E-state index is -4.40. The first kappa shape index (κ1) is 49.7. The van der Waals surface area contributed by atoms with Gasteiger partial charge in [-0.3, -0.25) is 18.6 Å². The number of carbonyl (C=O) groups is 2. The Labute approximate surface area is 315 Å². The van der Waals surface area contributed by atoms with Crippen molar-refractivity contribution in [2.24, 2.45) is 5.73 Å². The van der Waals surface area contributed by atoms with E-state index in [4.69, 9.17) is 24.3 Å². The van der Waals surface area contributed by atoms with Gasteiger partial charge < -0.3 is 25.2 Å². The minimum absolute atomic E-state index is 0.0354. The van der Waals surface area contributed by atoms with Crippen molar-refractivity contribution in [3.05, 3.63) is 60.8 Å². The van der Waals surface area contributed by atoms with E-state index in [0.29, 0.717) is 19.3 Å². The smallest absolute Gasteiger partial charge is 0.462 e. The maximum atomic E-state index is 12.5. The molecule has 52 heavy (non-hydrogen) atoms. The Hall–Kier alpha value is -2.33. The molecule has 0 rings (SSSR count). The summed E-state index contributed by atoms with van der Waals surface area (Å²) in [5.74, 6) is -0.929. The molecule has 0 aliphatic carbocycles. The standard InChI is InChI=1S/C41H72NO9P/c1-3-5-6-7-8-9-10-13-17-20-23-26-29-32-40(44)48-36-39(37-50-52(46,47)49-35-34-42)51-41(45)33-30-27-24-21-18-15-12-11-14-16-19-22-25-28-31-38(43)4-2/h9-10,12,14-16,21-22,24-25,38-39,43H,3-8,11,13,17-20,23,26-37,42H2,1-2H3,(H,46,47)/b10-9-,15-12-,16-14-,24-21-,25-22-/t38-,39-/m1/s1. The van der Waals surface area contributed by atoms with Gasteiger partial charge in [0.2, 0.25) is 0 Å². The molecule has 0 bridgehead atoms. The van der Waals surface area contributed by atoms with E-state index in [9.17, 15) is 24.2 Å². The third kappa shape index (κ3) is 36.0. The van der Waals surface area contributed by atoms with Gasteiger partial charge in [-0.1, -0.05) is 113 Å². The zero-order chi connectivity index (χ0) is 38.4. The third-order valence-electron chi connectivity index (χ3n) is 8.04. The van der Waals surface area contributed by atoms with Gasteiger partial charge in [-0.25, -0.2) is 4.57 Å². The highest BCUT2D eigenvalue weighted by Crippen LogP contribution is 2.43. The molecule has 0 heterocycles. The Kier molecular flexibility index (Phi) is 35.3. The first-order valence-electron chi connectivity index (χ1n) is 19.8. The van der Waals surface area contributed by atoms with Gasteiger partial charge in [0, 0.05) is 19.4 Å². The third-order valence-corrected chi connectivity index (χ3v) is 9.02. The van der Waals surface area contributed by atoms with E-state index in [0.717, 1.165) is 70.6 Å². The van der Waals surface area contributed by atoms with Crippen molar-refractivity contribution in [2.75, 3.05) is 26.4 Å². The van der Waals surface area contributed by atoms with E-state index >= 15 is 0 Å². The van der Waals surface area contributed by atoms with Crippen LogP contribution in [0.1, 0.15) is 149 Å². The Morgan fingerprint density at radius 2 is 1.17 bits per heavy atom. The molecule has 0 aliphatic rings. The second-order valence-corrected chi connectivity index (χ2v) is 14.4. The second kappa shape index (κ2) is 37.0. The number of ether oxygens (including phenoxy) is 2. The van der Waals surface area contributed by atoms with E-state index in [-0.39, 0.29) is 38.7 Å². The number of aliphatic hydroxyl groups is 1. The van der Waals surface area contributed by atoms with Crippen LogP contribution in [0.2, 0.25) is 0 Å². The lowest BCUT2D eigenvalue weighted by atomic mass is 10.1. The quantitative estimate of drug-likeness (QED) is 0.0244. The molecule has 4 N–H and O–H groups in total. The number of carbonyl (C=O) groups excluding carboxylic acids is 2. The van der Waals surface area contributed by atoms with Crippen LogP contribution in [-0.2, 0) is 32.7 Å². The van der Waals surface area contributed by atoms with Crippen molar-refractivity contribution in [1.29, 1.82) is 0 Å². The molecule has 0 saturated heterocycles. The summed E-state index contributed by atoms with van der Waals surface area (Å²) in [5, 5.41) is 9.55. The molecule has 0 amide bonds. The Bertz CT molecular complexity index is 1060. The Balaban J connectivity index is 4.35. The van der Waals surface area contributed by atoms with E-state index in [1.54, 1.807) is 0 Å². The minimum Gasteiger partial charge on any atom is -0.462 e. The number of rotatable bonds is 36. The highest BCUT2D eigenvalue weighted by Gasteiger charge is 2.25. The molecule has 0 aliphatic heterocycles. The summed E-state index contributed by atoms with van der Waals surface area (Å²) in [5.41, 5.74) is 5.33. The molecule has 0 saturated carbocycles. The first-order valence-corrected chi connectivity index (χ1v) is 21.3. The number of hydrogen-bond donors (Lipinski definition) is 3. The number of esters is 2. The zero-order valence-electron chi connectivity index (χ0n) is 32.4. The van der Waals surface area contributed by atoms with Crippen LogP contribution in [0, 0.1) is 0 Å². The number of hydrogen-bond acceptors (Lipinski definition) is 9. The lowest BCUT2D eigenvalue weighted by Crippen LogP contribution is -2.29. The molecular weight excluding hydrogens is 681 g/mol. The van der Waals surface area contributed by atoms with Gasteiger partial charge >= 0.3 is 19.8 Å². The van der Waals surface area contributed by atoms with Crippen molar-refractivity contribution in [2.45, 2.75) is 161 Å². The van der Waals surface area contributed by atoms with Crippen LogP contribution in [0.25, 0.3) is 0 Å². The van der Waals surface area contributed by atoms with Crippen molar-refractivity contribution < 1.29 is 42.7 Å². The maximum Gasteiger partial charge on any atom is 0.472 e. The van der Waals surface area contributed by atoms with Gasteiger partial charge in [0.1, 0.15) is 6.61 Å². The summed E-state index contributed by atoms with van der Waals surface area (Å²) in [4.78, 5) is 34.7. The molecule has 0 fully saturated rings. The number of aliphatic hydroxyl groups excluding tert-OH is 1. The van der Waals surface area contributed by atoms with Crippen LogP contribution >= 0.6 is 7.82 Å². The van der Waals surface area contributed by atoms with Crippen LogP contribution in [0.5, 0.6) is 0 Å². The molecule has 0 radical (unpaired) electrons. The fraction of sp³-hybridized carbons (Fsp3) is 0.707. The fourth-order valence-corrected chi connectivity index (χ4v) is 5.66.